The van der Waals surface area contributed by atoms with Crippen molar-refractivity contribution in [1.82, 2.24) is 0 Å². The Balaban J connectivity index is 2.30. The number of rotatable bonds is 6. The minimum absolute atomic E-state index is 0.166. The summed E-state index contributed by atoms with van der Waals surface area (Å²) in [5, 5.41) is 2.67. The molecule has 138 valence electrons. The Morgan fingerprint density at radius 2 is 1.74 bits per heavy atom. The number of hydrogen-bond donors (Lipinski definition) is 1. The standard InChI is InChI=1S/C22H22N2O3/c1-4-9-19(10-5-2)24(20-11-7-6-8-12-20)22(26)27-21-15-13-18(14-16-21)23-17(3)25/h4-16H,1H2,2-3H3,(H,23,25). The Labute approximate surface area is 159 Å². The van der Waals surface area contributed by atoms with E-state index in [1.807, 2.05) is 43.3 Å². The number of ether oxygens (including phenoxy) is 1. The highest BCUT2D eigenvalue weighted by Crippen LogP contribution is 2.23. The number of hydrogen-bond acceptors (Lipinski definition) is 3. The van der Waals surface area contributed by atoms with E-state index in [0.29, 0.717) is 22.8 Å². The number of nitrogens with zero attached hydrogens (tertiary/aromatic N) is 1. The van der Waals surface area contributed by atoms with Crippen molar-refractivity contribution >= 4 is 23.4 Å². The summed E-state index contributed by atoms with van der Waals surface area (Å²) in [5.74, 6) is 0.203. The number of benzene rings is 2. The van der Waals surface area contributed by atoms with Crippen LogP contribution in [-0.4, -0.2) is 12.0 Å². The molecule has 0 aliphatic heterocycles. The number of carbonyl (C=O) groups excluding carboxylic acids is 2. The van der Waals surface area contributed by atoms with Gasteiger partial charge in [-0.2, -0.15) is 0 Å². The van der Waals surface area contributed by atoms with Gasteiger partial charge in [0.25, 0.3) is 0 Å². The Bertz CT molecular complexity index is 853. The van der Waals surface area contributed by atoms with Crippen LogP contribution in [0.15, 0.2) is 91.2 Å². The highest BCUT2D eigenvalue weighted by atomic mass is 16.6. The van der Waals surface area contributed by atoms with E-state index in [2.05, 4.69) is 11.9 Å². The minimum Gasteiger partial charge on any atom is -0.410 e. The molecule has 1 N–H and O–H groups in total. The van der Waals surface area contributed by atoms with Crippen LogP contribution in [0.5, 0.6) is 5.75 Å². The average Bonchev–Trinajstić information content (AvgIpc) is 2.64. The van der Waals surface area contributed by atoms with Crippen LogP contribution in [0.3, 0.4) is 0 Å². The largest absolute Gasteiger partial charge is 0.424 e. The first kappa shape index (κ1) is 19.7. The van der Waals surface area contributed by atoms with Gasteiger partial charge in [-0.1, -0.05) is 36.9 Å². The normalized spacial score (nSPS) is 11.1. The molecule has 27 heavy (non-hydrogen) atoms. The first-order valence-corrected chi connectivity index (χ1v) is 8.45. The third-order valence-electron chi connectivity index (χ3n) is 3.46. The van der Waals surface area contributed by atoms with Crippen molar-refractivity contribution in [3.63, 3.8) is 0 Å². The van der Waals surface area contributed by atoms with Crippen LogP contribution in [0.1, 0.15) is 13.8 Å². The molecule has 0 saturated carbocycles. The SMILES string of the molecule is C=CC=C(C=CC)N(C(=O)Oc1ccc(NC(C)=O)cc1)c1ccccc1. The second-order valence-corrected chi connectivity index (χ2v) is 5.57. The number of para-hydroxylation sites is 1. The lowest BCUT2D eigenvalue weighted by Crippen LogP contribution is -2.32. The Morgan fingerprint density at radius 3 is 2.30 bits per heavy atom. The van der Waals surface area contributed by atoms with Gasteiger partial charge in [-0.05, 0) is 55.5 Å². The molecular weight excluding hydrogens is 340 g/mol. The number of anilines is 2. The van der Waals surface area contributed by atoms with Crippen molar-refractivity contribution in [3.05, 3.63) is 91.2 Å². The number of carbonyl (C=O) groups is 2. The van der Waals surface area contributed by atoms with Crippen LogP contribution in [0, 0.1) is 0 Å². The second kappa shape index (κ2) is 9.77. The molecule has 5 nitrogen and oxygen atoms in total. The Morgan fingerprint density at radius 1 is 1.07 bits per heavy atom. The summed E-state index contributed by atoms with van der Waals surface area (Å²) in [5.41, 5.74) is 1.92. The zero-order valence-corrected chi connectivity index (χ0v) is 15.4. The van der Waals surface area contributed by atoms with E-state index >= 15 is 0 Å². The van der Waals surface area contributed by atoms with Gasteiger partial charge in [0.15, 0.2) is 0 Å². The van der Waals surface area contributed by atoms with Crippen LogP contribution in [-0.2, 0) is 4.79 Å². The van der Waals surface area contributed by atoms with Gasteiger partial charge in [-0.15, -0.1) is 0 Å². The van der Waals surface area contributed by atoms with Gasteiger partial charge in [-0.25, -0.2) is 9.69 Å². The molecule has 0 unspecified atom stereocenters. The molecule has 0 heterocycles. The molecule has 0 radical (unpaired) electrons. The molecule has 2 amide bonds. The molecule has 0 spiro atoms. The smallest absolute Gasteiger partial charge is 0.410 e. The first-order valence-electron chi connectivity index (χ1n) is 8.45. The van der Waals surface area contributed by atoms with Crippen LogP contribution >= 0.6 is 0 Å². The monoisotopic (exact) mass is 362 g/mol. The van der Waals surface area contributed by atoms with Crippen molar-refractivity contribution in [2.24, 2.45) is 0 Å². The molecular formula is C22H22N2O3. The van der Waals surface area contributed by atoms with Crippen molar-refractivity contribution in [2.75, 3.05) is 10.2 Å². The molecule has 0 aliphatic rings. The molecule has 0 fully saturated rings. The fourth-order valence-corrected chi connectivity index (χ4v) is 2.39. The van der Waals surface area contributed by atoms with E-state index in [4.69, 9.17) is 4.74 Å². The molecule has 0 saturated heterocycles. The molecule has 5 heteroatoms. The van der Waals surface area contributed by atoms with Crippen LogP contribution < -0.4 is 15.0 Å². The van der Waals surface area contributed by atoms with Gasteiger partial charge in [0, 0.05) is 12.6 Å². The number of amides is 2. The van der Waals surface area contributed by atoms with Gasteiger partial charge in [-0.3, -0.25) is 4.79 Å². The quantitative estimate of drug-likeness (QED) is 0.710. The van der Waals surface area contributed by atoms with Crippen LogP contribution in [0.4, 0.5) is 16.2 Å². The van der Waals surface area contributed by atoms with E-state index in [1.165, 1.54) is 11.8 Å². The molecule has 0 aliphatic carbocycles. The van der Waals surface area contributed by atoms with Gasteiger partial charge in [0.2, 0.25) is 5.91 Å². The highest BCUT2D eigenvalue weighted by molar-refractivity contribution is 5.93. The summed E-state index contributed by atoms with van der Waals surface area (Å²) in [6.07, 6.45) is 6.42. The molecule has 0 aromatic heterocycles. The lowest BCUT2D eigenvalue weighted by atomic mass is 10.2. The summed E-state index contributed by atoms with van der Waals surface area (Å²) in [6.45, 7) is 7.01. The van der Waals surface area contributed by atoms with Gasteiger partial charge in [0.1, 0.15) is 5.75 Å². The second-order valence-electron chi connectivity index (χ2n) is 5.57. The Hall–Kier alpha value is -3.60. The summed E-state index contributed by atoms with van der Waals surface area (Å²) in [7, 11) is 0. The molecule has 0 bridgehead atoms. The van der Waals surface area contributed by atoms with Gasteiger partial charge < -0.3 is 10.1 Å². The van der Waals surface area contributed by atoms with E-state index in [0.717, 1.165) is 0 Å². The number of nitrogens with one attached hydrogen (secondary N) is 1. The molecule has 2 aromatic carbocycles. The van der Waals surface area contributed by atoms with Crippen molar-refractivity contribution in [1.29, 1.82) is 0 Å². The highest BCUT2D eigenvalue weighted by Gasteiger charge is 2.20. The molecule has 2 rings (SSSR count). The first-order chi connectivity index (χ1) is 13.0. The average molecular weight is 362 g/mol. The Kier molecular flexibility index (Phi) is 7.14. The third-order valence-corrected chi connectivity index (χ3v) is 3.46. The topological polar surface area (TPSA) is 58.6 Å². The lowest BCUT2D eigenvalue weighted by Gasteiger charge is -2.23. The maximum Gasteiger partial charge on any atom is 0.424 e. The van der Waals surface area contributed by atoms with Gasteiger partial charge in [0.05, 0.1) is 11.4 Å². The molecule has 2 aromatic rings. The van der Waals surface area contributed by atoms with E-state index in [1.54, 1.807) is 42.5 Å². The van der Waals surface area contributed by atoms with Crippen molar-refractivity contribution in [2.45, 2.75) is 13.8 Å². The van der Waals surface area contributed by atoms with Crippen LogP contribution in [0.2, 0.25) is 0 Å². The lowest BCUT2D eigenvalue weighted by molar-refractivity contribution is -0.114. The maximum absolute atomic E-state index is 12.9. The van der Waals surface area contributed by atoms with E-state index < -0.39 is 6.09 Å². The van der Waals surface area contributed by atoms with Crippen molar-refractivity contribution in [3.8, 4) is 5.75 Å². The zero-order valence-electron chi connectivity index (χ0n) is 15.4. The summed E-state index contributed by atoms with van der Waals surface area (Å²) >= 11 is 0. The zero-order chi connectivity index (χ0) is 19.6. The van der Waals surface area contributed by atoms with Crippen molar-refractivity contribution < 1.29 is 14.3 Å². The van der Waals surface area contributed by atoms with Gasteiger partial charge >= 0.3 is 6.09 Å². The van der Waals surface area contributed by atoms with E-state index in [9.17, 15) is 9.59 Å². The molecule has 0 atom stereocenters. The van der Waals surface area contributed by atoms with E-state index in [-0.39, 0.29) is 5.91 Å². The summed E-state index contributed by atoms with van der Waals surface area (Å²) < 4.78 is 5.53. The number of allylic oxidation sites excluding steroid dienone is 4. The predicted octanol–water partition coefficient (Wildman–Crippen LogP) is 5.30. The fourth-order valence-electron chi connectivity index (χ4n) is 2.39. The third kappa shape index (κ3) is 5.71. The summed E-state index contributed by atoms with van der Waals surface area (Å²) in [6, 6.07) is 15.8. The van der Waals surface area contributed by atoms with Crippen LogP contribution in [0.25, 0.3) is 0 Å². The fraction of sp³-hybridized carbons (Fsp3) is 0.0909. The predicted molar refractivity (Wildman–Crippen MR) is 109 cm³/mol. The summed E-state index contributed by atoms with van der Waals surface area (Å²) in [4.78, 5) is 25.4. The minimum atomic E-state index is -0.556. The maximum atomic E-state index is 12.9.